The molecule has 0 saturated heterocycles. The van der Waals surface area contributed by atoms with Gasteiger partial charge in [0.25, 0.3) is 0 Å². The summed E-state index contributed by atoms with van der Waals surface area (Å²) in [5, 5.41) is 7.79. The SMILES string of the molecule is CCCNC(=O)[C@@H](C)NC(=O)Nc1ccc(F)cc1C. The highest BCUT2D eigenvalue weighted by Crippen LogP contribution is 2.15. The summed E-state index contributed by atoms with van der Waals surface area (Å²) in [6.45, 7) is 5.81. The number of hydrogen-bond acceptors (Lipinski definition) is 2. The van der Waals surface area contributed by atoms with E-state index >= 15 is 0 Å². The number of halogens is 1. The van der Waals surface area contributed by atoms with Gasteiger partial charge in [-0.1, -0.05) is 6.92 Å². The molecule has 0 bridgehead atoms. The Morgan fingerprint density at radius 3 is 2.65 bits per heavy atom. The van der Waals surface area contributed by atoms with Crippen molar-refractivity contribution in [3.8, 4) is 0 Å². The third-order valence-electron chi connectivity index (χ3n) is 2.73. The van der Waals surface area contributed by atoms with E-state index in [9.17, 15) is 14.0 Å². The number of nitrogens with one attached hydrogen (secondary N) is 3. The Kier molecular flexibility index (Phi) is 5.96. The molecule has 3 amide bonds. The van der Waals surface area contributed by atoms with Gasteiger partial charge >= 0.3 is 6.03 Å². The fourth-order valence-corrected chi connectivity index (χ4v) is 1.59. The Balaban J connectivity index is 2.52. The second-order valence-corrected chi connectivity index (χ2v) is 4.57. The predicted octanol–water partition coefficient (Wildman–Crippen LogP) is 2.17. The fourth-order valence-electron chi connectivity index (χ4n) is 1.59. The molecule has 0 heterocycles. The molecular weight excluding hydrogens is 261 g/mol. The summed E-state index contributed by atoms with van der Waals surface area (Å²) in [6, 6.07) is 2.93. The lowest BCUT2D eigenvalue weighted by molar-refractivity contribution is -0.122. The first-order valence-electron chi connectivity index (χ1n) is 6.55. The normalized spacial score (nSPS) is 11.6. The molecule has 0 saturated carbocycles. The average molecular weight is 281 g/mol. The maximum absolute atomic E-state index is 12.9. The van der Waals surface area contributed by atoms with Gasteiger partial charge in [-0.25, -0.2) is 9.18 Å². The van der Waals surface area contributed by atoms with Crippen molar-refractivity contribution >= 4 is 17.6 Å². The quantitative estimate of drug-likeness (QED) is 0.774. The van der Waals surface area contributed by atoms with Crippen LogP contribution >= 0.6 is 0 Å². The van der Waals surface area contributed by atoms with Crippen LogP contribution < -0.4 is 16.0 Å². The lowest BCUT2D eigenvalue weighted by Crippen LogP contribution is -2.46. The lowest BCUT2D eigenvalue weighted by Gasteiger charge is -2.15. The lowest BCUT2D eigenvalue weighted by atomic mass is 10.2. The van der Waals surface area contributed by atoms with Gasteiger partial charge in [0.15, 0.2) is 0 Å². The number of carbonyl (C=O) groups excluding carboxylic acids is 2. The Morgan fingerprint density at radius 2 is 2.05 bits per heavy atom. The minimum Gasteiger partial charge on any atom is -0.354 e. The number of aryl methyl sites for hydroxylation is 1. The molecule has 0 spiro atoms. The van der Waals surface area contributed by atoms with Gasteiger partial charge in [0, 0.05) is 12.2 Å². The van der Waals surface area contributed by atoms with Crippen LogP contribution in [0.4, 0.5) is 14.9 Å². The zero-order valence-electron chi connectivity index (χ0n) is 11.9. The standard InChI is InChI=1S/C14H20FN3O2/c1-4-7-16-13(19)10(3)17-14(20)18-12-6-5-11(15)8-9(12)2/h5-6,8,10H,4,7H2,1-3H3,(H,16,19)(H2,17,18,20)/t10-/m1/s1. The van der Waals surface area contributed by atoms with Gasteiger partial charge in [0.1, 0.15) is 11.9 Å². The molecule has 1 aromatic carbocycles. The molecule has 20 heavy (non-hydrogen) atoms. The van der Waals surface area contributed by atoms with Gasteiger partial charge in [-0.3, -0.25) is 4.79 Å². The fraction of sp³-hybridized carbons (Fsp3) is 0.429. The number of urea groups is 1. The first-order chi connectivity index (χ1) is 9.43. The molecule has 0 fully saturated rings. The van der Waals surface area contributed by atoms with Crippen molar-refractivity contribution in [3.63, 3.8) is 0 Å². The van der Waals surface area contributed by atoms with Crippen LogP contribution in [0, 0.1) is 12.7 Å². The highest BCUT2D eigenvalue weighted by Gasteiger charge is 2.15. The van der Waals surface area contributed by atoms with Crippen molar-refractivity contribution in [2.45, 2.75) is 33.2 Å². The number of hydrogen-bond donors (Lipinski definition) is 3. The summed E-state index contributed by atoms with van der Waals surface area (Å²) in [4.78, 5) is 23.3. The third-order valence-corrected chi connectivity index (χ3v) is 2.73. The Hall–Kier alpha value is -2.11. The predicted molar refractivity (Wildman–Crippen MR) is 76.1 cm³/mol. The number of amides is 3. The minimum atomic E-state index is -0.637. The summed E-state index contributed by atoms with van der Waals surface area (Å²) in [5.41, 5.74) is 1.12. The largest absolute Gasteiger partial charge is 0.354 e. The molecule has 6 heteroatoms. The maximum Gasteiger partial charge on any atom is 0.319 e. The highest BCUT2D eigenvalue weighted by atomic mass is 19.1. The van der Waals surface area contributed by atoms with Crippen molar-refractivity contribution in [2.24, 2.45) is 0 Å². The molecule has 1 aromatic rings. The molecule has 3 N–H and O–H groups in total. The zero-order chi connectivity index (χ0) is 15.1. The Labute approximate surface area is 117 Å². The van der Waals surface area contributed by atoms with Crippen LogP contribution in [0.15, 0.2) is 18.2 Å². The van der Waals surface area contributed by atoms with Crippen LogP contribution in [-0.4, -0.2) is 24.5 Å². The number of anilines is 1. The molecule has 5 nitrogen and oxygen atoms in total. The minimum absolute atomic E-state index is 0.238. The smallest absolute Gasteiger partial charge is 0.319 e. The molecule has 0 radical (unpaired) electrons. The Morgan fingerprint density at radius 1 is 1.35 bits per heavy atom. The van der Waals surface area contributed by atoms with E-state index < -0.39 is 12.1 Å². The topological polar surface area (TPSA) is 70.2 Å². The number of carbonyl (C=O) groups is 2. The van der Waals surface area contributed by atoms with E-state index in [4.69, 9.17) is 0 Å². The van der Waals surface area contributed by atoms with E-state index in [-0.39, 0.29) is 11.7 Å². The Bertz CT molecular complexity index is 491. The molecule has 0 aromatic heterocycles. The van der Waals surface area contributed by atoms with Crippen molar-refractivity contribution in [1.29, 1.82) is 0 Å². The van der Waals surface area contributed by atoms with Crippen molar-refractivity contribution in [2.75, 3.05) is 11.9 Å². The second kappa shape index (κ2) is 7.47. The number of rotatable bonds is 5. The molecule has 1 atom stereocenters. The summed E-state index contributed by atoms with van der Waals surface area (Å²) in [6.07, 6.45) is 0.833. The van der Waals surface area contributed by atoms with Gasteiger partial charge in [0.2, 0.25) is 5.91 Å². The first kappa shape index (κ1) is 15.9. The van der Waals surface area contributed by atoms with Crippen molar-refractivity contribution in [3.05, 3.63) is 29.6 Å². The van der Waals surface area contributed by atoms with Crippen LogP contribution in [0.5, 0.6) is 0 Å². The maximum atomic E-state index is 12.9. The molecule has 0 aliphatic carbocycles. The second-order valence-electron chi connectivity index (χ2n) is 4.57. The zero-order valence-corrected chi connectivity index (χ0v) is 11.9. The number of benzene rings is 1. The van der Waals surface area contributed by atoms with E-state index in [0.717, 1.165) is 6.42 Å². The van der Waals surface area contributed by atoms with Crippen LogP contribution in [0.25, 0.3) is 0 Å². The van der Waals surface area contributed by atoms with E-state index in [1.807, 2.05) is 6.92 Å². The summed E-state index contributed by atoms with van der Waals surface area (Å²) >= 11 is 0. The molecule has 0 unspecified atom stereocenters. The summed E-state index contributed by atoms with van der Waals surface area (Å²) in [5.74, 6) is -0.599. The summed E-state index contributed by atoms with van der Waals surface area (Å²) in [7, 11) is 0. The van der Waals surface area contributed by atoms with E-state index in [1.165, 1.54) is 18.2 Å². The van der Waals surface area contributed by atoms with Crippen molar-refractivity contribution < 1.29 is 14.0 Å². The van der Waals surface area contributed by atoms with Gasteiger partial charge in [-0.2, -0.15) is 0 Å². The average Bonchev–Trinajstić information content (AvgIpc) is 2.39. The monoisotopic (exact) mass is 281 g/mol. The van der Waals surface area contributed by atoms with Gasteiger partial charge in [-0.15, -0.1) is 0 Å². The van der Waals surface area contributed by atoms with Crippen LogP contribution in [0.1, 0.15) is 25.8 Å². The van der Waals surface area contributed by atoms with Gasteiger partial charge in [-0.05, 0) is 44.0 Å². The van der Waals surface area contributed by atoms with E-state index in [1.54, 1.807) is 13.8 Å². The summed E-state index contributed by atoms with van der Waals surface area (Å²) < 4.78 is 12.9. The van der Waals surface area contributed by atoms with E-state index in [2.05, 4.69) is 16.0 Å². The van der Waals surface area contributed by atoms with Crippen molar-refractivity contribution in [1.82, 2.24) is 10.6 Å². The molecule has 110 valence electrons. The molecule has 0 aliphatic rings. The van der Waals surface area contributed by atoms with E-state index in [0.29, 0.717) is 17.8 Å². The third kappa shape index (κ3) is 4.87. The van der Waals surface area contributed by atoms with Crippen LogP contribution in [-0.2, 0) is 4.79 Å². The molecule has 0 aliphatic heterocycles. The van der Waals surface area contributed by atoms with Gasteiger partial charge in [0.05, 0.1) is 0 Å². The highest BCUT2D eigenvalue weighted by molar-refractivity contribution is 5.94. The first-order valence-corrected chi connectivity index (χ1v) is 6.55. The van der Waals surface area contributed by atoms with Crippen LogP contribution in [0.3, 0.4) is 0 Å². The van der Waals surface area contributed by atoms with Crippen LogP contribution in [0.2, 0.25) is 0 Å². The molecular formula is C14H20FN3O2. The van der Waals surface area contributed by atoms with Gasteiger partial charge < -0.3 is 16.0 Å². The molecule has 1 rings (SSSR count).